The first-order valence-electron chi connectivity index (χ1n) is 7.81. The molecule has 0 saturated carbocycles. The highest BCUT2D eigenvalue weighted by atomic mass is 32.1. The molecule has 1 fully saturated rings. The molecule has 1 atom stereocenters. The largest absolute Gasteiger partial charge is 0.348 e. The van der Waals surface area contributed by atoms with Crippen LogP contribution in [0.15, 0.2) is 12.1 Å². The predicted molar refractivity (Wildman–Crippen MR) is 85.5 cm³/mol. The first-order chi connectivity index (χ1) is 9.69. The topological polar surface area (TPSA) is 32.3 Å². The van der Waals surface area contributed by atoms with Gasteiger partial charge in [-0.2, -0.15) is 0 Å². The summed E-state index contributed by atoms with van der Waals surface area (Å²) in [7, 11) is 0. The Morgan fingerprint density at radius 1 is 1.30 bits per heavy atom. The van der Waals surface area contributed by atoms with Crippen LogP contribution in [0.5, 0.6) is 0 Å². The summed E-state index contributed by atoms with van der Waals surface area (Å²) in [5.74, 6) is 0.0806. The van der Waals surface area contributed by atoms with Crippen LogP contribution < -0.4 is 5.32 Å². The van der Waals surface area contributed by atoms with Crippen molar-refractivity contribution in [1.29, 1.82) is 0 Å². The van der Waals surface area contributed by atoms with E-state index in [-0.39, 0.29) is 11.9 Å². The number of aryl methyl sites for hydroxylation is 1. The van der Waals surface area contributed by atoms with E-state index in [4.69, 9.17) is 0 Å². The van der Waals surface area contributed by atoms with Crippen LogP contribution in [-0.4, -0.2) is 36.5 Å². The zero-order chi connectivity index (χ0) is 14.4. The number of carbonyl (C=O) groups excluding carboxylic acids is 1. The standard InChI is InChI=1S/C16H26N2OS/c1-3-14-8-9-15(20-14)16(19)17-13(2)12-18-10-6-4-5-7-11-18/h8-9,13H,3-7,10-12H2,1-2H3,(H,17,19)/t13-/m1/s1. The number of carbonyl (C=O) groups is 1. The van der Waals surface area contributed by atoms with Crippen molar-refractivity contribution in [3.05, 3.63) is 21.9 Å². The van der Waals surface area contributed by atoms with E-state index in [2.05, 4.69) is 30.1 Å². The van der Waals surface area contributed by atoms with Crippen LogP contribution in [0.3, 0.4) is 0 Å². The van der Waals surface area contributed by atoms with Crippen LogP contribution in [0.2, 0.25) is 0 Å². The molecule has 0 unspecified atom stereocenters. The molecule has 2 heterocycles. The van der Waals surface area contributed by atoms with Gasteiger partial charge in [-0.05, 0) is 51.4 Å². The number of rotatable bonds is 5. The smallest absolute Gasteiger partial charge is 0.261 e. The van der Waals surface area contributed by atoms with Gasteiger partial charge in [0.25, 0.3) is 5.91 Å². The molecule has 112 valence electrons. The minimum atomic E-state index is 0.0806. The summed E-state index contributed by atoms with van der Waals surface area (Å²) in [4.78, 5) is 16.8. The van der Waals surface area contributed by atoms with Gasteiger partial charge in [0.15, 0.2) is 0 Å². The van der Waals surface area contributed by atoms with Crippen molar-refractivity contribution in [1.82, 2.24) is 10.2 Å². The van der Waals surface area contributed by atoms with Crippen molar-refractivity contribution in [2.24, 2.45) is 0 Å². The summed E-state index contributed by atoms with van der Waals surface area (Å²) in [6.45, 7) is 7.56. The Labute approximate surface area is 126 Å². The molecule has 1 aliphatic rings. The first kappa shape index (κ1) is 15.5. The zero-order valence-corrected chi connectivity index (χ0v) is 13.5. The van der Waals surface area contributed by atoms with E-state index in [1.807, 2.05) is 6.07 Å². The molecule has 4 heteroatoms. The van der Waals surface area contributed by atoms with Crippen molar-refractivity contribution in [3.63, 3.8) is 0 Å². The Morgan fingerprint density at radius 2 is 2.00 bits per heavy atom. The third kappa shape index (κ3) is 4.60. The fourth-order valence-corrected chi connectivity index (χ4v) is 3.59. The second kappa shape index (κ2) is 7.79. The number of hydrogen-bond donors (Lipinski definition) is 1. The Hall–Kier alpha value is -0.870. The van der Waals surface area contributed by atoms with Gasteiger partial charge in [-0.15, -0.1) is 11.3 Å². The van der Waals surface area contributed by atoms with Gasteiger partial charge in [0.1, 0.15) is 0 Å². The number of nitrogens with one attached hydrogen (secondary N) is 1. The molecular formula is C16H26N2OS. The number of amides is 1. The maximum absolute atomic E-state index is 12.2. The molecule has 1 amide bonds. The third-order valence-electron chi connectivity index (χ3n) is 3.84. The molecule has 1 saturated heterocycles. The average Bonchev–Trinajstić information content (AvgIpc) is 2.78. The van der Waals surface area contributed by atoms with Gasteiger partial charge in [-0.25, -0.2) is 0 Å². The Morgan fingerprint density at radius 3 is 2.60 bits per heavy atom. The van der Waals surface area contributed by atoms with Gasteiger partial charge in [-0.3, -0.25) is 4.79 Å². The maximum atomic E-state index is 12.2. The van der Waals surface area contributed by atoms with Crippen molar-refractivity contribution < 1.29 is 4.79 Å². The maximum Gasteiger partial charge on any atom is 0.261 e. The highest BCUT2D eigenvalue weighted by molar-refractivity contribution is 7.14. The molecule has 0 spiro atoms. The second-order valence-electron chi connectivity index (χ2n) is 5.71. The van der Waals surface area contributed by atoms with Crippen molar-refractivity contribution >= 4 is 17.2 Å². The minimum absolute atomic E-state index is 0.0806. The quantitative estimate of drug-likeness (QED) is 0.903. The van der Waals surface area contributed by atoms with E-state index in [1.54, 1.807) is 11.3 Å². The average molecular weight is 294 g/mol. The molecule has 1 aromatic rings. The second-order valence-corrected chi connectivity index (χ2v) is 6.88. The van der Waals surface area contributed by atoms with Gasteiger partial charge >= 0.3 is 0 Å². The lowest BCUT2D eigenvalue weighted by molar-refractivity contribution is 0.0933. The van der Waals surface area contributed by atoms with Crippen molar-refractivity contribution in [2.45, 2.75) is 52.0 Å². The first-order valence-corrected chi connectivity index (χ1v) is 8.62. The van der Waals surface area contributed by atoms with Gasteiger partial charge in [-0.1, -0.05) is 19.8 Å². The lowest BCUT2D eigenvalue weighted by atomic mass is 10.2. The van der Waals surface area contributed by atoms with Gasteiger partial charge < -0.3 is 10.2 Å². The number of likely N-dealkylation sites (tertiary alicyclic amines) is 1. The summed E-state index contributed by atoms with van der Waals surface area (Å²) in [5.41, 5.74) is 0. The summed E-state index contributed by atoms with van der Waals surface area (Å²) in [6.07, 6.45) is 6.30. The van der Waals surface area contributed by atoms with E-state index >= 15 is 0 Å². The summed E-state index contributed by atoms with van der Waals surface area (Å²) >= 11 is 1.61. The molecule has 0 aliphatic carbocycles. The van der Waals surface area contributed by atoms with E-state index in [1.165, 1.54) is 43.6 Å². The summed E-state index contributed by atoms with van der Waals surface area (Å²) in [5, 5.41) is 3.13. The molecule has 1 aromatic heterocycles. The van der Waals surface area contributed by atoms with Crippen LogP contribution in [0.4, 0.5) is 0 Å². The highest BCUT2D eigenvalue weighted by Gasteiger charge is 2.16. The molecule has 0 aromatic carbocycles. The number of hydrogen-bond acceptors (Lipinski definition) is 3. The Bertz CT molecular complexity index is 422. The minimum Gasteiger partial charge on any atom is -0.348 e. The van der Waals surface area contributed by atoms with Crippen LogP contribution in [-0.2, 0) is 6.42 Å². The molecule has 3 nitrogen and oxygen atoms in total. The van der Waals surface area contributed by atoms with Crippen molar-refractivity contribution in [3.8, 4) is 0 Å². The third-order valence-corrected chi connectivity index (χ3v) is 5.07. The van der Waals surface area contributed by atoms with Crippen LogP contribution in [0.1, 0.15) is 54.1 Å². The van der Waals surface area contributed by atoms with Gasteiger partial charge in [0.2, 0.25) is 0 Å². The number of thiophene rings is 1. The molecule has 20 heavy (non-hydrogen) atoms. The van der Waals surface area contributed by atoms with E-state index in [0.717, 1.165) is 17.8 Å². The molecule has 0 bridgehead atoms. The van der Waals surface area contributed by atoms with Crippen molar-refractivity contribution in [2.75, 3.05) is 19.6 Å². The fraction of sp³-hybridized carbons (Fsp3) is 0.688. The predicted octanol–water partition coefficient (Wildman–Crippen LogP) is 3.30. The van der Waals surface area contributed by atoms with Crippen LogP contribution in [0, 0.1) is 0 Å². The fourth-order valence-electron chi connectivity index (χ4n) is 2.74. The number of nitrogens with zero attached hydrogens (tertiary/aromatic N) is 1. The summed E-state index contributed by atoms with van der Waals surface area (Å²) < 4.78 is 0. The molecule has 0 radical (unpaired) electrons. The lowest BCUT2D eigenvalue weighted by Gasteiger charge is -2.24. The van der Waals surface area contributed by atoms with Crippen LogP contribution >= 0.6 is 11.3 Å². The molecule has 1 aliphatic heterocycles. The van der Waals surface area contributed by atoms with Gasteiger partial charge in [0.05, 0.1) is 4.88 Å². The van der Waals surface area contributed by atoms with Gasteiger partial charge in [0, 0.05) is 17.5 Å². The normalized spacial score (nSPS) is 18.5. The Balaban J connectivity index is 1.80. The van der Waals surface area contributed by atoms with E-state index in [0.29, 0.717) is 0 Å². The Kier molecular flexibility index (Phi) is 6.05. The monoisotopic (exact) mass is 294 g/mol. The van der Waals surface area contributed by atoms with E-state index in [9.17, 15) is 4.79 Å². The molecule has 1 N–H and O–H groups in total. The summed E-state index contributed by atoms with van der Waals surface area (Å²) in [6, 6.07) is 4.21. The highest BCUT2D eigenvalue weighted by Crippen LogP contribution is 2.17. The zero-order valence-electron chi connectivity index (χ0n) is 12.7. The SMILES string of the molecule is CCc1ccc(C(=O)N[C@H](C)CN2CCCCCC2)s1. The van der Waals surface area contributed by atoms with Crippen LogP contribution in [0.25, 0.3) is 0 Å². The lowest BCUT2D eigenvalue weighted by Crippen LogP contribution is -2.42. The molecule has 2 rings (SSSR count). The molecular weight excluding hydrogens is 268 g/mol. The van der Waals surface area contributed by atoms with E-state index < -0.39 is 0 Å².